The summed E-state index contributed by atoms with van der Waals surface area (Å²) in [6, 6.07) is 17.4. The highest BCUT2D eigenvalue weighted by Gasteiger charge is 2.41. The van der Waals surface area contributed by atoms with Crippen LogP contribution in [0.25, 0.3) is 0 Å². The van der Waals surface area contributed by atoms with Crippen LogP contribution in [-0.4, -0.2) is 34.0 Å². The molecule has 1 atom stereocenters. The molecular formula is C24H37N3O4S2. The standard InChI is InChI=1S/C24H37N3O4S2/c1-3-5-6-7-14-19-24(4-2,33(30,31)27-23-17-12-9-13-18-23)25-20-21-32(28,29)26-22-15-10-8-11-16-22/h8-13,15-18,25-27H,3-7,14,19-21H2,1-2H3. The fraction of sp³-hybridized carbons (Fsp3) is 0.500. The van der Waals surface area contributed by atoms with Gasteiger partial charge in [-0.25, -0.2) is 16.8 Å². The Labute approximate surface area is 199 Å². The molecule has 0 aliphatic carbocycles. The van der Waals surface area contributed by atoms with E-state index in [0.717, 1.165) is 32.1 Å². The molecule has 184 valence electrons. The van der Waals surface area contributed by atoms with Crippen molar-refractivity contribution in [3.05, 3.63) is 60.7 Å². The third-order valence-corrected chi connectivity index (χ3v) is 9.12. The summed E-state index contributed by atoms with van der Waals surface area (Å²) in [5.74, 6) is -0.236. The first-order chi connectivity index (χ1) is 15.7. The van der Waals surface area contributed by atoms with Crippen LogP contribution < -0.4 is 14.8 Å². The predicted molar refractivity (Wildman–Crippen MR) is 137 cm³/mol. The number of anilines is 2. The number of sulfonamides is 2. The molecule has 0 aromatic heterocycles. The maximum absolute atomic E-state index is 13.5. The number of hydrogen-bond acceptors (Lipinski definition) is 5. The minimum absolute atomic E-state index is 0.0146. The second kappa shape index (κ2) is 13.0. The van der Waals surface area contributed by atoms with Gasteiger partial charge in [-0.15, -0.1) is 0 Å². The third-order valence-electron chi connectivity index (χ3n) is 5.66. The second-order valence-corrected chi connectivity index (χ2v) is 12.0. The summed E-state index contributed by atoms with van der Waals surface area (Å²) in [5, 5.41) is 3.11. The topological polar surface area (TPSA) is 104 Å². The average Bonchev–Trinajstić information content (AvgIpc) is 2.78. The van der Waals surface area contributed by atoms with Gasteiger partial charge in [-0.2, -0.15) is 0 Å². The van der Waals surface area contributed by atoms with E-state index in [1.165, 1.54) is 0 Å². The highest BCUT2D eigenvalue weighted by molar-refractivity contribution is 7.94. The first-order valence-electron chi connectivity index (χ1n) is 11.6. The number of rotatable bonds is 16. The van der Waals surface area contributed by atoms with Gasteiger partial charge in [0.1, 0.15) is 4.87 Å². The molecule has 3 N–H and O–H groups in total. The van der Waals surface area contributed by atoms with Gasteiger partial charge in [-0.05, 0) is 37.1 Å². The summed E-state index contributed by atoms with van der Waals surface area (Å²) < 4.78 is 57.3. The number of hydrogen-bond donors (Lipinski definition) is 3. The minimum Gasteiger partial charge on any atom is -0.296 e. The smallest absolute Gasteiger partial charge is 0.251 e. The molecule has 33 heavy (non-hydrogen) atoms. The van der Waals surface area contributed by atoms with Gasteiger partial charge in [-0.3, -0.25) is 14.8 Å². The summed E-state index contributed by atoms with van der Waals surface area (Å²) in [6.07, 6.45) is 5.67. The molecule has 0 radical (unpaired) electrons. The maximum Gasteiger partial charge on any atom is 0.251 e. The van der Waals surface area contributed by atoms with E-state index in [2.05, 4.69) is 21.7 Å². The van der Waals surface area contributed by atoms with Crippen LogP contribution in [-0.2, 0) is 20.0 Å². The van der Waals surface area contributed by atoms with E-state index in [-0.39, 0.29) is 12.3 Å². The zero-order valence-corrected chi connectivity index (χ0v) is 21.2. The summed E-state index contributed by atoms with van der Waals surface area (Å²) in [5.41, 5.74) is 0.968. The van der Waals surface area contributed by atoms with Crippen LogP contribution in [0.15, 0.2) is 60.7 Å². The highest BCUT2D eigenvalue weighted by Crippen LogP contribution is 2.28. The molecule has 2 rings (SSSR count). The van der Waals surface area contributed by atoms with Crippen LogP contribution in [0, 0.1) is 0 Å². The van der Waals surface area contributed by atoms with Crippen LogP contribution >= 0.6 is 0 Å². The molecule has 0 fully saturated rings. The monoisotopic (exact) mass is 495 g/mol. The van der Waals surface area contributed by atoms with E-state index in [1.807, 2.05) is 13.0 Å². The lowest BCUT2D eigenvalue weighted by atomic mass is 10.0. The zero-order chi connectivity index (χ0) is 24.2. The average molecular weight is 496 g/mol. The van der Waals surface area contributed by atoms with Crippen molar-refractivity contribution in [1.82, 2.24) is 5.32 Å². The number of benzene rings is 2. The molecule has 0 amide bonds. The normalized spacial score (nSPS) is 13.9. The summed E-state index contributed by atoms with van der Waals surface area (Å²) in [7, 11) is -7.46. The third kappa shape index (κ3) is 8.64. The Kier molecular flexibility index (Phi) is 10.7. The van der Waals surface area contributed by atoms with Gasteiger partial charge in [0.15, 0.2) is 0 Å². The molecule has 1 unspecified atom stereocenters. The molecule has 0 saturated carbocycles. The van der Waals surface area contributed by atoms with Gasteiger partial charge in [0, 0.05) is 17.9 Å². The molecule has 0 heterocycles. The van der Waals surface area contributed by atoms with Crippen molar-refractivity contribution in [1.29, 1.82) is 0 Å². The summed E-state index contributed by atoms with van der Waals surface area (Å²) in [6.45, 7) is 3.97. The Hall–Kier alpha value is -2.10. The fourth-order valence-corrected chi connectivity index (χ4v) is 6.43. The molecule has 0 saturated heterocycles. The van der Waals surface area contributed by atoms with Gasteiger partial charge in [0.05, 0.1) is 5.75 Å². The fourth-order valence-electron chi connectivity index (χ4n) is 3.73. The molecule has 2 aromatic carbocycles. The SMILES string of the molecule is CCCCCCCC(CC)(NCCS(=O)(=O)Nc1ccccc1)S(=O)(=O)Nc1ccccc1. The second-order valence-electron chi connectivity index (χ2n) is 8.20. The van der Waals surface area contributed by atoms with Crippen LogP contribution in [0.5, 0.6) is 0 Å². The van der Waals surface area contributed by atoms with Gasteiger partial charge >= 0.3 is 0 Å². The van der Waals surface area contributed by atoms with Gasteiger partial charge < -0.3 is 0 Å². The van der Waals surface area contributed by atoms with E-state index >= 15 is 0 Å². The maximum atomic E-state index is 13.5. The van der Waals surface area contributed by atoms with Crippen molar-refractivity contribution in [2.45, 2.75) is 63.7 Å². The van der Waals surface area contributed by atoms with Crippen LogP contribution in [0.2, 0.25) is 0 Å². The Morgan fingerprint density at radius 3 is 1.82 bits per heavy atom. The summed E-state index contributed by atoms with van der Waals surface area (Å²) >= 11 is 0. The van der Waals surface area contributed by atoms with E-state index in [0.29, 0.717) is 24.2 Å². The van der Waals surface area contributed by atoms with E-state index in [9.17, 15) is 16.8 Å². The van der Waals surface area contributed by atoms with Crippen LogP contribution in [0.1, 0.15) is 58.8 Å². The number of nitrogens with one attached hydrogen (secondary N) is 3. The van der Waals surface area contributed by atoms with Gasteiger partial charge in [-0.1, -0.05) is 82.3 Å². The Morgan fingerprint density at radius 1 is 0.727 bits per heavy atom. The van der Waals surface area contributed by atoms with Gasteiger partial charge in [0.2, 0.25) is 10.0 Å². The lowest BCUT2D eigenvalue weighted by Crippen LogP contribution is -2.55. The number of para-hydroxylation sites is 2. The molecule has 0 aliphatic heterocycles. The lowest BCUT2D eigenvalue weighted by Gasteiger charge is -2.34. The predicted octanol–water partition coefficient (Wildman–Crippen LogP) is 4.93. The first-order valence-corrected chi connectivity index (χ1v) is 14.7. The highest BCUT2D eigenvalue weighted by atomic mass is 32.2. The van der Waals surface area contributed by atoms with Crippen molar-refractivity contribution in [2.75, 3.05) is 21.7 Å². The largest absolute Gasteiger partial charge is 0.296 e. The summed E-state index contributed by atoms with van der Waals surface area (Å²) in [4.78, 5) is -1.27. The zero-order valence-electron chi connectivity index (χ0n) is 19.6. The van der Waals surface area contributed by atoms with Crippen molar-refractivity contribution >= 4 is 31.4 Å². The Balaban J connectivity index is 2.13. The Bertz CT molecular complexity index is 1030. The molecular weight excluding hydrogens is 458 g/mol. The van der Waals surface area contributed by atoms with Crippen molar-refractivity contribution in [3.63, 3.8) is 0 Å². The molecule has 0 aliphatic rings. The minimum atomic E-state index is -3.83. The van der Waals surface area contributed by atoms with E-state index in [4.69, 9.17) is 0 Å². The van der Waals surface area contributed by atoms with Crippen LogP contribution in [0.4, 0.5) is 11.4 Å². The van der Waals surface area contributed by atoms with E-state index in [1.54, 1.807) is 54.6 Å². The van der Waals surface area contributed by atoms with Crippen molar-refractivity contribution in [3.8, 4) is 0 Å². The number of unbranched alkanes of at least 4 members (excludes halogenated alkanes) is 4. The quantitative estimate of drug-likeness (QED) is 0.287. The Morgan fingerprint density at radius 2 is 1.27 bits per heavy atom. The lowest BCUT2D eigenvalue weighted by molar-refractivity contribution is 0.383. The van der Waals surface area contributed by atoms with Crippen LogP contribution in [0.3, 0.4) is 0 Å². The molecule has 0 bridgehead atoms. The molecule has 9 heteroatoms. The van der Waals surface area contributed by atoms with Gasteiger partial charge in [0.25, 0.3) is 10.0 Å². The molecule has 7 nitrogen and oxygen atoms in total. The molecule has 0 spiro atoms. The molecule has 2 aromatic rings. The first kappa shape index (κ1) is 27.1. The van der Waals surface area contributed by atoms with Crippen molar-refractivity contribution < 1.29 is 16.8 Å². The van der Waals surface area contributed by atoms with E-state index < -0.39 is 24.9 Å². The van der Waals surface area contributed by atoms with Crippen molar-refractivity contribution in [2.24, 2.45) is 0 Å².